The van der Waals surface area contributed by atoms with Gasteiger partial charge in [-0.25, -0.2) is 4.39 Å². The lowest BCUT2D eigenvalue weighted by Gasteiger charge is -2.13. The average Bonchev–Trinajstić information content (AvgIpc) is 2.94. The lowest BCUT2D eigenvalue weighted by molar-refractivity contribution is -0.125. The average molecular weight is 401 g/mol. The summed E-state index contributed by atoms with van der Waals surface area (Å²) in [5, 5.41) is 2.16. The number of imide groups is 1. The molecule has 28 heavy (non-hydrogen) atoms. The summed E-state index contributed by atoms with van der Waals surface area (Å²) in [5.41, 5.74) is 0.718. The molecule has 0 aliphatic carbocycles. The predicted molar refractivity (Wildman–Crippen MR) is 102 cm³/mol. The summed E-state index contributed by atoms with van der Waals surface area (Å²) in [6, 6.07) is 8.96. The van der Waals surface area contributed by atoms with Gasteiger partial charge in [0.2, 0.25) is 0 Å². The lowest BCUT2D eigenvalue weighted by atomic mass is 10.2. The Morgan fingerprint density at radius 1 is 1.29 bits per heavy atom. The van der Waals surface area contributed by atoms with E-state index < -0.39 is 22.9 Å². The molecule has 3 amide bonds. The fourth-order valence-electron chi connectivity index (χ4n) is 2.37. The number of carbonyl (C=O) groups is 3. The van der Waals surface area contributed by atoms with E-state index in [1.807, 2.05) is 0 Å². The molecule has 2 heterocycles. The number of rotatable bonds is 7. The van der Waals surface area contributed by atoms with Gasteiger partial charge >= 0.3 is 0 Å². The minimum Gasteiger partial charge on any atom is -0.484 e. The van der Waals surface area contributed by atoms with Gasteiger partial charge in [0, 0.05) is 31.5 Å². The number of amides is 3. The van der Waals surface area contributed by atoms with Gasteiger partial charge in [-0.2, -0.15) is 0 Å². The highest BCUT2D eigenvalue weighted by molar-refractivity contribution is 8.18. The molecule has 2 aromatic rings. The number of benzene rings is 1. The van der Waals surface area contributed by atoms with Crippen LogP contribution >= 0.6 is 11.8 Å². The third-order valence-corrected chi connectivity index (χ3v) is 4.59. The zero-order valence-electron chi connectivity index (χ0n) is 14.6. The summed E-state index contributed by atoms with van der Waals surface area (Å²) in [7, 11) is 0. The van der Waals surface area contributed by atoms with Crippen molar-refractivity contribution in [3.63, 3.8) is 0 Å². The molecule has 1 fully saturated rings. The Labute approximate surface area is 164 Å². The first kappa shape index (κ1) is 19.6. The van der Waals surface area contributed by atoms with Crippen LogP contribution in [0.25, 0.3) is 6.08 Å². The highest BCUT2D eigenvalue weighted by atomic mass is 32.2. The predicted octanol–water partition coefficient (Wildman–Crippen LogP) is 2.45. The van der Waals surface area contributed by atoms with Crippen LogP contribution < -0.4 is 10.1 Å². The van der Waals surface area contributed by atoms with Gasteiger partial charge in [0.1, 0.15) is 11.6 Å². The van der Waals surface area contributed by atoms with Crippen molar-refractivity contribution in [2.45, 2.75) is 0 Å². The molecule has 9 heteroatoms. The van der Waals surface area contributed by atoms with Crippen LogP contribution in [0.5, 0.6) is 5.75 Å². The number of ether oxygens (including phenoxy) is 1. The summed E-state index contributed by atoms with van der Waals surface area (Å²) in [6.45, 7) is -0.170. The maximum absolute atomic E-state index is 13.0. The zero-order chi connectivity index (χ0) is 19.9. The van der Waals surface area contributed by atoms with Crippen LogP contribution in [0.2, 0.25) is 0 Å². The molecule has 1 aliphatic rings. The summed E-state index contributed by atoms with van der Waals surface area (Å²) >= 11 is 0.842. The number of hydrogen-bond donors (Lipinski definition) is 1. The first-order valence-electron chi connectivity index (χ1n) is 8.33. The number of nitrogens with zero attached hydrogens (tertiary/aromatic N) is 2. The second kappa shape index (κ2) is 9.14. The molecular weight excluding hydrogens is 385 g/mol. The molecular formula is C19H16FN3O4S. The quantitative estimate of drug-likeness (QED) is 0.717. The normalized spacial score (nSPS) is 15.2. The van der Waals surface area contributed by atoms with Gasteiger partial charge in [0.15, 0.2) is 6.61 Å². The molecule has 0 radical (unpaired) electrons. The van der Waals surface area contributed by atoms with E-state index in [0.717, 1.165) is 22.2 Å². The van der Waals surface area contributed by atoms with Gasteiger partial charge in [-0.05, 0) is 41.6 Å². The maximum Gasteiger partial charge on any atom is 0.293 e. The van der Waals surface area contributed by atoms with Crippen LogP contribution in [0.15, 0.2) is 53.7 Å². The minimum absolute atomic E-state index is 0.0424. The Balaban J connectivity index is 1.46. The number of hydrogen-bond acceptors (Lipinski definition) is 6. The van der Waals surface area contributed by atoms with Crippen molar-refractivity contribution in [2.75, 3.05) is 19.7 Å². The smallest absolute Gasteiger partial charge is 0.293 e. The van der Waals surface area contributed by atoms with Gasteiger partial charge in [0.05, 0.1) is 4.91 Å². The number of nitrogens with one attached hydrogen (secondary N) is 1. The van der Waals surface area contributed by atoms with Crippen molar-refractivity contribution in [1.82, 2.24) is 15.2 Å². The molecule has 0 spiro atoms. The summed E-state index contributed by atoms with van der Waals surface area (Å²) in [6.07, 6.45) is 4.81. The van der Waals surface area contributed by atoms with Gasteiger partial charge in [-0.1, -0.05) is 12.1 Å². The molecule has 144 valence electrons. The first-order valence-corrected chi connectivity index (χ1v) is 9.15. The number of thioether (sulfide) groups is 1. The van der Waals surface area contributed by atoms with E-state index in [1.54, 1.807) is 30.6 Å². The number of pyridine rings is 1. The Kier molecular flexibility index (Phi) is 6.38. The van der Waals surface area contributed by atoms with Crippen molar-refractivity contribution in [2.24, 2.45) is 0 Å². The van der Waals surface area contributed by atoms with E-state index in [4.69, 9.17) is 4.74 Å². The Hall–Kier alpha value is -3.20. The van der Waals surface area contributed by atoms with Gasteiger partial charge in [-0.3, -0.25) is 24.3 Å². The SMILES string of the molecule is O=C(COc1cccc(F)c1)NCCN1C(=O)S/C(=C\c2cccnc2)C1=O. The van der Waals surface area contributed by atoms with E-state index in [0.29, 0.717) is 4.91 Å². The standard InChI is InChI=1S/C19H16FN3O4S/c20-14-4-1-5-15(10-14)27-12-17(24)22-7-8-23-18(25)16(28-19(23)26)9-13-3-2-6-21-11-13/h1-6,9-11H,7-8,12H2,(H,22,24)/b16-9-. The molecule has 0 atom stereocenters. The topological polar surface area (TPSA) is 88.6 Å². The number of halogens is 1. The summed E-state index contributed by atoms with van der Waals surface area (Å²) in [4.78, 5) is 41.5. The molecule has 1 aromatic carbocycles. The highest BCUT2D eigenvalue weighted by Crippen LogP contribution is 2.31. The largest absolute Gasteiger partial charge is 0.484 e. The molecule has 1 aromatic heterocycles. The first-order chi connectivity index (χ1) is 13.5. The van der Waals surface area contributed by atoms with Crippen molar-refractivity contribution in [3.8, 4) is 5.75 Å². The third kappa shape index (κ3) is 5.17. The monoisotopic (exact) mass is 401 g/mol. The lowest BCUT2D eigenvalue weighted by Crippen LogP contribution is -2.38. The van der Waals surface area contributed by atoms with Crippen molar-refractivity contribution >= 4 is 34.9 Å². The molecule has 0 bridgehead atoms. The molecule has 0 unspecified atom stereocenters. The molecule has 1 N–H and O–H groups in total. The van der Waals surface area contributed by atoms with Crippen LogP contribution in [-0.4, -0.2) is 46.6 Å². The number of aromatic nitrogens is 1. The fourth-order valence-corrected chi connectivity index (χ4v) is 3.23. The van der Waals surface area contributed by atoms with Crippen molar-refractivity contribution < 1.29 is 23.5 Å². The van der Waals surface area contributed by atoms with Crippen LogP contribution in [0, 0.1) is 5.82 Å². The van der Waals surface area contributed by atoms with Crippen molar-refractivity contribution in [3.05, 3.63) is 65.1 Å². The Morgan fingerprint density at radius 3 is 2.89 bits per heavy atom. The van der Waals surface area contributed by atoms with Gasteiger partial charge in [0.25, 0.3) is 17.1 Å². The fraction of sp³-hybridized carbons (Fsp3) is 0.158. The minimum atomic E-state index is -0.461. The highest BCUT2D eigenvalue weighted by Gasteiger charge is 2.34. The summed E-state index contributed by atoms with van der Waals surface area (Å²) < 4.78 is 18.2. The third-order valence-electron chi connectivity index (χ3n) is 3.68. The van der Waals surface area contributed by atoms with Crippen LogP contribution in [0.4, 0.5) is 9.18 Å². The summed E-state index contributed by atoms with van der Waals surface area (Å²) in [5.74, 6) is -1.08. The van der Waals surface area contributed by atoms with Gasteiger partial charge < -0.3 is 10.1 Å². The second-order valence-electron chi connectivity index (χ2n) is 5.72. The van der Waals surface area contributed by atoms with Crippen LogP contribution in [0.1, 0.15) is 5.56 Å². The zero-order valence-corrected chi connectivity index (χ0v) is 15.4. The van der Waals surface area contributed by atoms with Crippen LogP contribution in [0.3, 0.4) is 0 Å². The van der Waals surface area contributed by atoms with E-state index in [2.05, 4.69) is 10.3 Å². The molecule has 0 saturated carbocycles. The maximum atomic E-state index is 13.0. The Morgan fingerprint density at radius 2 is 2.14 bits per heavy atom. The number of carbonyl (C=O) groups excluding carboxylic acids is 3. The Bertz CT molecular complexity index is 920. The van der Waals surface area contributed by atoms with E-state index in [9.17, 15) is 18.8 Å². The van der Waals surface area contributed by atoms with Crippen molar-refractivity contribution in [1.29, 1.82) is 0 Å². The van der Waals surface area contributed by atoms with E-state index >= 15 is 0 Å². The van der Waals surface area contributed by atoms with Gasteiger partial charge in [-0.15, -0.1) is 0 Å². The van der Waals surface area contributed by atoms with E-state index in [-0.39, 0.29) is 25.4 Å². The molecule has 3 rings (SSSR count). The second-order valence-corrected chi connectivity index (χ2v) is 6.71. The molecule has 1 saturated heterocycles. The molecule has 1 aliphatic heterocycles. The molecule has 7 nitrogen and oxygen atoms in total. The van der Waals surface area contributed by atoms with E-state index in [1.165, 1.54) is 24.3 Å². The van der Waals surface area contributed by atoms with Crippen LogP contribution in [-0.2, 0) is 9.59 Å².